The number of amides is 1. The molecule has 0 saturated heterocycles. The van der Waals surface area contributed by atoms with Crippen molar-refractivity contribution in [1.82, 2.24) is 0 Å². The summed E-state index contributed by atoms with van der Waals surface area (Å²) in [6.07, 6.45) is 1.37. The minimum atomic E-state index is -0.761. The topological polar surface area (TPSA) is 84.9 Å². The van der Waals surface area contributed by atoms with Crippen molar-refractivity contribution in [2.45, 2.75) is 26.4 Å². The Morgan fingerprint density at radius 1 is 1.17 bits per heavy atom. The molecular formula is C18H20N2O3. The van der Waals surface area contributed by atoms with Gasteiger partial charge in [0, 0.05) is 5.56 Å². The maximum absolute atomic E-state index is 11.7. The normalized spacial score (nSPS) is 11.3. The highest BCUT2D eigenvalue weighted by atomic mass is 16.5. The van der Waals surface area contributed by atoms with Crippen LogP contribution in [0.5, 0.6) is 5.75 Å². The highest BCUT2D eigenvalue weighted by Crippen LogP contribution is 2.11. The number of amidine groups is 1. The molecule has 5 nitrogen and oxygen atoms in total. The number of nitrogens with two attached hydrogens (primary N) is 1. The third-order valence-corrected chi connectivity index (χ3v) is 3.28. The highest BCUT2D eigenvalue weighted by molar-refractivity contribution is 6.02. The molecule has 1 amide bonds. The van der Waals surface area contributed by atoms with Crippen LogP contribution in [0.15, 0.2) is 53.5 Å². The Kier molecular flexibility index (Phi) is 5.74. The van der Waals surface area contributed by atoms with E-state index in [1.165, 1.54) is 17.7 Å². The number of benzene rings is 2. The van der Waals surface area contributed by atoms with Crippen LogP contribution in [-0.4, -0.2) is 17.0 Å². The standard InChI is InChI=1S/C18H20N2O3/c1-2-4-13-7-9-14(10-8-13)12-23-18(22)20-17(19)15-5-3-6-16(21)11-15/h3,5-11,21H,2,4,12H2,1H3,(H2,19,20,22). The van der Waals surface area contributed by atoms with Gasteiger partial charge in [-0.15, -0.1) is 0 Å². The van der Waals surface area contributed by atoms with Crippen LogP contribution < -0.4 is 5.73 Å². The zero-order chi connectivity index (χ0) is 16.7. The molecule has 0 aromatic heterocycles. The zero-order valence-corrected chi connectivity index (χ0v) is 13.0. The van der Waals surface area contributed by atoms with E-state index in [1.807, 2.05) is 24.3 Å². The molecule has 120 valence electrons. The van der Waals surface area contributed by atoms with Crippen molar-refractivity contribution in [2.24, 2.45) is 10.7 Å². The lowest BCUT2D eigenvalue weighted by atomic mass is 10.1. The van der Waals surface area contributed by atoms with Gasteiger partial charge in [-0.1, -0.05) is 49.7 Å². The number of aryl methyl sites for hydroxylation is 1. The molecule has 0 saturated carbocycles. The quantitative estimate of drug-likeness (QED) is 0.654. The first-order chi connectivity index (χ1) is 11.1. The molecule has 2 aromatic carbocycles. The Hall–Kier alpha value is -2.82. The molecule has 0 aliphatic carbocycles. The largest absolute Gasteiger partial charge is 0.508 e. The van der Waals surface area contributed by atoms with Gasteiger partial charge in [0.15, 0.2) is 0 Å². The van der Waals surface area contributed by atoms with Crippen LogP contribution >= 0.6 is 0 Å². The van der Waals surface area contributed by atoms with Crippen molar-refractivity contribution in [3.05, 3.63) is 65.2 Å². The van der Waals surface area contributed by atoms with Gasteiger partial charge >= 0.3 is 6.09 Å². The van der Waals surface area contributed by atoms with E-state index in [9.17, 15) is 9.90 Å². The third-order valence-electron chi connectivity index (χ3n) is 3.28. The molecule has 0 spiro atoms. The van der Waals surface area contributed by atoms with Gasteiger partial charge in [0.2, 0.25) is 0 Å². The molecular weight excluding hydrogens is 292 g/mol. The number of hydrogen-bond acceptors (Lipinski definition) is 3. The Morgan fingerprint density at radius 2 is 1.87 bits per heavy atom. The fourth-order valence-electron chi connectivity index (χ4n) is 2.10. The zero-order valence-electron chi connectivity index (χ0n) is 13.0. The summed E-state index contributed by atoms with van der Waals surface area (Å²) >= 11 is 0. The van der Waals surface area contributed by atoms with Gasteiger partial charge in [-0.25, -0.2) is 4.79 Å². The first-order valence-electron chi connectivity index (χ1n) is 7.46. The lowest BCUT2D eigenvalue weighted by Crippen LogP contribution is -2.16. The number of rotatable bonds is 5. The summed E-state index contributed by atoms with van der Waals surface area (Å²) in [6.45, 7) is 2.27. The van der Waals surface area contributed by atoms with E-state index < -0.39 is 6.09 Å². The smallest absolute Gasteiger partial charge is 0.435 e. The summed E-state index contributed by atoms with van der Waals surface area (Å²) in [4.78, 5) is 15.4. The Bertz CT molecular complexity index is 694. The van der Waals surface area contributed by atoms with Crippen LogP contribution in [0, 0.1) is 0 Å². The van der Waals surface area contributed by atoms with E-state index in [2.05, 4.69) is 11.9 Å². The number of ether oxygens (including phenoxy) is 1. The van der Waals surface area contributed by atoms with Gasteiger partial charge in [-0.3, -0.25) is 0 Å². The summed E-state index contributed by atoms with van der Waals surface area (Å²) in [5, 5.41) is 9.38. The summed E-state index contributed by atoms with van der Waals surface area (Å²) < 4.78 is 5.08. The van der Waals surface area contributed by atoms with Crippen LogP contribution in [0.1, 0.15) is 30.0 Å². The Balaban J connectivity index is 1.92. The minimum Gasteiger partial charge on any atom is -0.508 e. The first kappa shape index (κ1) is 16.5. The third kappa shape index (κ3) is 5.14. The van der Waals surface area contributed by atoms with Gasteiger partial charge in [-0.05, 0) is 29.7 Å². The summed E-state index contributed by atoms with van der Waals surface area (Å²) in [5.41, 5.74) is 8.34. The van der Waals surface area contributed by atoms with Crippen LogP contribution in [0.4, 0.5) is 4.79 Å². The van der Waals surface area contributed by atoms with Crippen LogP contribution in [0.2, 0.25) is 0 Å². The van der Waals surface area contributed by atoms with Crippen LogP contribution in [-0.2, 0) is 17.8 Å². The van der Waals surface area contributed by atoms with Gasteiger partial charge in [0.25, 0.3) is 0 Å². The monoisotopic (exact) mass is 312 g/mol. The number of phenols is 1. The van der Waals surface area contributed by atoms with Gasteiger partial charge < -0.3 is 15.6 Å². The molecule has 3 N–H and O–H groups in total. The van der Waals surface area contributed by atoms with E-state index in [0.29, 0.717) is 5.56 Å². The number of aliphatic imine (C=N–C) groups is 1. The Labute approximate surface area is 135 Å². The molecule has 2 aromatic rings. The summed E-state index contributed by atoms with van der Waals surface area (Å²) in [7, 11) is 0. The van der Waals surface area contributed by atoms with Crippen molar-refractivity contribution < 1.29 is 14.6 Å². The Morgan fingerprint density at radius 3 is 2.52 bits per heavy atom. The molecule has 0 atom stereocenters. The van der Waals surface area contributed by atoms with Crippen molar-refractivity contribution in [1.29, 1.82) is 0 Å². The SMILES string of the molecule is CCCc1ccc(COC(=O)/N=C(\N)c2cccc(O)c2)cc1. The van der Waals surface area contributed by atoms with Crippen LogP contribution in [0.25, 0.3) is 0 Å². The van der Waals surface area contributed by atoms with Crippen molar-refractivity contribution >= 4 is 11.9 Å². The molecule has 0 fully saturated rings. The lowest BCUT2D eigenvalue weighted by molar-refractivity contribution is 0.151. The molecule has 2 rings (SSSR count). The average molecular weight is 312 g/mol. The van der Waals surface area contributed by atoms with E-state index in [4.69, 9.17) is 10.5 Å². The maximum Gasteiger partial charge on any atom is 0.435 e. The summed E-state index contributed by atoms with van der Waals surface area (Å²) in [5.74, 6) is 0.0605. The molecule has 0 unspecified atom stereocenters. The van der Waals surface area contributed by atoms with Gasteiger partial charge in [0.05, 0.1) is 0 Å². The number of hydrogen-bond donors (Lipinski definition) is 2. The molecule has 0 heterocycles. The fraction of sp³-hybridized carbons (Fsp3) is 0.222. The van der Waals surface area contributed by atoms with E-state index >= 15 is 0 Å². The number of carbonyl (C=O) groups excluding carboxylic acids is 1. The van der Waals surface area contributed by atoms with E-state index in [-0.39, 0.29) is 18.2 Å². The highest BCUT2D eigenvalue weighted by Gasteiger charge is 2.05. The van der Waals surface area contributed by atoms with Crippen molar-refractivity contribution in [3.8, 4) is 5.75 Å². The number of nitrogens with zero attached hydrogens (tertiary/aromatic N) is 1. The second kappa shape index (κ2) is 7.98. The number of aromatic hydroxyl groups is 1. The minimum absolute atomic E-state index is 0.00388. The molecule has 0 aliphatic heterocycles. The van der Waals surface area contributed by atoms with Gasteiger partial charge in [-0.2, -0.15) is 4.99 Å². The number of carbonyl (C=O) groups is 1. The van der Waals surface area contributed by atoms with E-state index in [1.54, 1.807) is 12.1 Å². The molecule has 0 radical (unpaired) electrons. The van der Waals surface area contributed by atoms with Crippen LogP contribution in [0.3, 0.4) is 0 Å². The van der Waals surface area contributed by atoms with E-state index in [0.717, 1.165) is 18.4 Å². The summed E-state index contributed by atoms with van der Waals surface area (Å²) in [6, 6.07) is 14.1. The molecule has 5 heteroatoms. The molecule has 23 heavy (non-hydrogen) atoms. The predicted molar refractivity (Wildman–Crippen MR) is 89.5 cm³/mol. The molecule has 0 bridgehead atoms. The fourth-order valence-corrected chi connectivity index (χ4v) is 2.10. The second-order valence-electron chi connectivity index (χ2n) is 5.17. The first-order valence-corrected chi connectivity index (χ1v) is 7.46. The number of phenolic OH excluding ortho intramolecular Hbond substituents is 1. The second-order valence-corrected chi connectivity index (χ2v) is 5.17. The lowest BCUT2D eigenvalue weighted by Gasteiger charge is -2.05. The van der Waals surface area contributed by atoms with Gasteiger partial charge in [0.1, 0.15) is 18.2 Å². The van der Waals surface area contributed by atoms with Crippen molar-refractivity contribution in [3.63, 3.8) is 0 Å². The maximum atomic E-state index is 11.7. The average Bonchev–Trinajstić information content (AvgIpc) is 2.54. The van der Waals surface area contributed by atoms with Crippen molar-refractivity contribution in [2.75, 3.05) is 0 Å². The predicted octanol–water partition coefficient (Wildman–Crippen LogP) is 3.39. The molecule has 0 aliphatic rings.